The maximum Gasteiger partial charge on any atom is 0.319 e. The summed E-state index contributed by atoms with van der Waals surface area (Å²) < 4.78 is 7.77. The zero-order chi connectivity index (χ0) is 15.5. The van der Waals surface area contributed by atoms with Crippen LogP contribution in [0, 0.1) is 6.92 Å². The summed E-state index contributed by atoms with van der Waals surface area (Å²) in [6, 6.07) is -0.0512. The summed E-state index contributed by atoms with van der Waals surface area (Å²) >= 11 is 1.58. The third-order valence-electron chi connectivity index (χ3n) is 3.91. The zero-order valence-electron chi connectivity index (χ0n) is 12.7. The fraction of sp³-hybridized carbons (Fsp3) is 0.467. The van der Waals surface area contributed by atoms with Crippen LogP contribution in [0.5, 0.6) is 0 Å². The molecule has 7 heteroatoms. The topological polar surface area (TPSA) is 68.2 Å². The molecular formula is C15H20N4O2S. The summed E-state index contributed by atoms with van der Waals surface area (Å²) in [7, 11) is 1.95. The Hall–Kier alpha value is -1.86. The van der Waals surface area contributed by atoms with E-state index < -0.39 is 0 Å². The Bertz CT molecular complexity index is 652. The third kappa shape index (κ3) is 3.31. The first-order valence-corrected chi connectivity index (χ1v) is 8.26. The average Bonchev–Trinajstić information content (AvgIpc) is 3.08. The molecule has 0 saturated carbocycles. The van der Waals surface area contributed by atoms with Gasteiger partial charge in [0.15, 0.2) is 0 Å². The lowest BCUT2D eigenvalue weighted by Gasteiger charge is -2.30. The third-order valence-corrected chi connectivity index (χ3v) is 4.77. The van der Waals surface area contributed by atoms with Gasteiger partial charge in [0.2, 0.25) is 0 Å². The van der Waals surface area contributed by atoms with Crippen LogP contribution in [0.3, 0.4) is 0 Å². The molecule has 0 unspecified atom stereocenters. The number of hydrogen-bond donors (Lipinski definition) is 2. The highest BCUT2D eigenvalue weighted by molar-refractivity contribution is 7.08. The number of imidazole rings is 1. The van der Waals surface area contributed by atoms with Gasteiger partial charge in [-0.05, 0) is 30.7 Å². The lowest BCUT2D eigenvalue weighted by Crippen LogP contribution is -2.42. The Morgan fingerprint density at radius 3 is 3.05 bits per heavy atom. The minimum atomic E-state index is -0.155. The molecule has 0 aromatic carbocycles. The number of amides is 2. The van der Waals surface area contributed by atoms with Gasteiger partial charge in [0, 0.05) is 25.1 Å². The number of aromatic nitrogens is 2. The first-order chi connectivity index (χ1) is 10.6. The number of nitrogens with zero attached hydrogens (tertiary/aromatic N) is 2. The Morgan fingerprint density at radius 2 is 2.36 bits per heavy atom. The lowest BCUT2D eigenvalue weighted by atomic mass is 10.0. The second kappa shape index (κ2) is 6.50. The number of carbonyl (C=O) groups is 1. The van der Waals surface area contributed by atoms with Crippen molar-refractivity contribution >= 4 is 23.1 Å². The molecule has 1 fully saturated rings. The van der Waals surface area contributed by atoms with E-state index in [0.717, 1.165) is 29.8 Å². The van der Waals surface area contributed by atoms with E-state index in [1.54, 1.807) is 17.7 Å². The Labute approximate surface area is 133 Å². The van der Waals surface area contributed by atoms with Crippen LogP contribution in [0.1, 0.15) is 30.2 Å². The van der Waals surface area contributed by atoms with Crippen LogP contribution < -0.4 is 10.6 Å². The molecule has 2 N–H and O–H groups in total. The van der Waals surface area contributed by atoms with Gasteiger partial charge in [-0.1, -0.05) is 0 Å². The molecule has 0 bridgehead atoms. The van der Waals surface area contributed by atoms with Gasteiger partial charge in [-0.25, -0.2) is 9.78 Å². The van der Waals surface area contributed by atoms with Gasteiger partial charge in [0.05, 0.1) is 23.9 Å². The average molecular weight is 320 g/mol. The normalized spacial score (nSPS) is 21.5. The number of urea groups is 1. The van der Waals surface area contributed by atoms with Gasteiger partial charge >= 0.3 is 6.03 Å². The predicted octanol–water partition coefficient (Wildman–Crippen LogP) is 2.83. The fourth-order valence-electron chi connectivity index (χ4n) is 2.64. The summed E-state index contributed by atoms with van der Waals surface area (Å²) in [4.78, 5) is 16.2. The molecule has 118 valence electrons. The van der Waals surface area contributed by atoms with E-state index in [2.05, 4.69) is 15.6 Å². The summed E-state index contributed by atoms with van der Waals surface area (Å²) in [6.07, 6.45) is 5.15. The Balaban J connectivity index is 1.57. The number of hydrogen-bond acceptors (Lipinski definition) is 4. The molecule has 1 aliphatic rings. The molecule has 6 nitrogen and oxygen atoms in total. The van der Waals surface area contributed by atoms with Crippen LogP contribution in [0.15, 0.2) is 23.3 Å². The van der Waals surface area contributed by atoms with E-state index in [4.69, 9.17) is 4.74 Å². The van der Waals surface area contributed by atoms with Crippen molar-refractivity contribution in [2.24, 2.45) is 7.05 Å². The van der Waals surface area contributed by atoms with E-state index in [9.17, 15) is 4.79 Å². The van der Waals surface area contributed by atoms with E-state index in [-0.39, 0.29) is 18.2 Å². The van der Waals surface area contributed by atoms with Crippen LogP contribution in [-0.2, 0) is 11.8 Å². The van der Waals surface area contributed by atoms with Crippen molar-refractivity contribution in [3.05, 3.63) is 34.5 Å². The molecule has 2 amide bonds. The van der Waals surface area contributed by atoms with Crippen LogP contribution in [0.25, 0.3) is 0 Å². The van der Waals surface area contributed by atoms with Crippen molar-refractivity contribution < 1.29 is 9.53 Å². The minimum Gasteiger partial charge on any atom is -0.372 e. The van der Waals surface area contributed by atoms with Crippen molar-refractivity contribution in [3.63, 3.8) is 0 Å². The smallest absolute Gasteiger partial charge is 0.319 e. The lowest BCUT2D eigenvalue weighted by molar-refractivity contribution is -0.00151. The van der Waals surface area contributed by atoms with Gasteiger partial charge in [-0.15, -0.1) is 11.3 Å². The molecule has 2 aromatic heterocycles. The van der Waals surface area contributed by atoms with Gasteiger partial charge in [0.25, 0.3) is 0 Å². The van der Waals surface area contributed by atoms with E-state index in [1.807, 2.05) is 35.5 Å². The molecular weight excluding hydrogens is 300 g/mol. The first-order valence-electron chi connectivity index (χ1n) is 7.31. The second-order valence-corrected chi connectivity index (χ2v) is 6.32. The standard InChI is InChI=1S/C15H20N4O2S/c1-10-7-22-8-12(10)18-15(20)17-11-3-4-21-14(5-11)13-6-16-9-19(13)2/h6-9,11,14H,3-5H2,1-2H3,(H2,17,18,20)/t11-,14+/m0/s1. The maximum atomic E-state index is 12.1. The molecule has 1 saturated heterocycles. The van der Waals surface area contributed by atoms with Crippen molar-refractivity contribution in [1.29, 1.82) is 0 Å². The molecule has 3 rings (SSSR count). The molecule has 2 aromatic rings. The van der Waals surface area contributed by atoms with Crippen LogP contribution in [0.2, 0.25) is 0 Å². The number of carbonyl (C=O) groups excluding carboxylic acids is 1. The van der Waals surface area contributed by atoms with E-state index in [0.29, 0.717) is 6.61 Å². The van der Waals surface area contributed by atoms with Crippen LogP contribution in [-0.4, -0.2) is 28.2 Å². The van der Waals surface area contributed by atoms with Crippen LogP contribution >= 0.6 is 11.3 Å². The van der Waals surface area contributed by atoms with E-state index in [1.165, 1.54) is 0 Å². The highest BCUT2D eigenvalue weighted by Crippen LogP contribution is 2.27. The van der Waals surface area contributed by atoms with Crippen molar-refractivity contribution in [2.45, 2.75) is 31.9 Å². The predicted molar refractivity (Wildman–Crippen MR) is 86.1 cm³/mol. The summed E-state index contributed by atoms with van der Waals surface area (Å²) in [5.41, 5.74) is 3.00. The Kier molecular flexibility index (Phi) is 4.44. The highest BCUT2D eigenvalue weighted by Gasteiger charge is 2.26. The Morgan fingerprint density at radius 1 is 1.50 bits per heavy atom. The quantitative estimate of drug-likeness (QED) is 0.914. The van der Waals surface area contributed by atoms with Crippen molar-refractivity contribution in [2.75, 3.05) is 11.9 Å². The SMILES string of the molecule is Cc1cscc1NC(=O)N[C@H]1CCO[C@@H](c2cncn2C)C1. The first kappa shape index (κ1) is 15.1. The largest absolute Gasteiger partial charge is 0.372 e. The van der Waals surface area contributed by atoms with Gasteiger partial charge in [-0.2, -0.15) is 0 Å². The maximum absolute atomic E-state index is 12.1. The molecule has 3 heterocycles. The summed E-state index contributed by atoms with van der Waals surface area (Å²) in [6.45, 7) is 2.62. The summed E-state index contributed by atoms with van der Waals surface area (Å²) in [5.74, 6) is 0. The number of rotatable bonds is 3. The number of nitrogens with one attached hydrogen (secondary N) is 2. The number of ether oxygens (including phenoxy) is 1. The van der Waals surface area contributed by atoms with Gasteiger partial charge in [-0.3, -0.25) is 0 Å². The minimum absolute atomic E-state index is 0.0190. The van der Waals surface area contributed by atoms with Crippen molar-refractivity contribution in [3.8, 4) is 0 Å². The second-order valence-electron chi connectivity index (χ2n) is 5.58. The summed E-state index contributed by atoms with van der Waals surface area (Å²) in [5, 5.41) is 9.90. The molecule has 0 spiro atoms. The molecule has 2 atom stereocenters. The number of aryl methyl sites for hydroxylation is 2. The molecule has 0 aliphatic carbocycles. The van der Waals surface area contributed by atoms with Gasteiger partial charge in [0.1, 0.15) is 6.10 Å². The van der Waals surface area contributed by atoms with Gasteiger partial charge < -0.3 is 19.9 Å². The van der Waals surface area contributed by atoms with E-state index >= 15 is 0 Å². The zero-order valence-corrected chi connectivity index (χ0v) is 13.5. The monoisotopic (exact) mass is 320 g/mol. The number of thiophene rings is 1. The molecule has 0 radical (unpaired) electrons. The van der Waals surface area contributed by atoms with Crippen molar-refractivity contribution in [1.82, 2.24) is 14.9 Å². The molecule has 22 heavy (non-hydrogen) atoms. The number of anilines is 1. The highest BCUT2D eigenvalue weighted by atomic mass is 32.1. The molecule has 1 aliphatic heterocycles. The van der Waals surface area contributed by atoms with Crippen LogP contribution in [0.4, 0.5) is 10.5 Å². The fourth-order valence-corrected chi connectivity index (χ4v) is 3.42.